The average Bonchev–Trinajstić information content (AvgIpc) is 3.57. The molecule has 2 aliphatic rings. The van der Waals surface area contributed by atoms with E-state index in [1.807, 2.05) is 9.80 Å². The monoisotopic (exact) mass is 637 g/mol. The van der Waals surface area contributed by atoms with E-state index in [1.54, 1.807) is 6.92 Å². The van der Waals surface area contributed by atoms with Crippen LogP contribution in [0.3, 0.4) is 0 Å². The van der Waals surface area contributed by atoms with Crippen LogP contribution in [0.4, 0.5) is 24.1 Å². The largest absolute Gasteiger partial charge is 0.480 e. The molecule has 230 valence electrons. The van der Waals surface area contributed by atoms with Gasteiger partial charge in [0.25, 0.3) is 5.91 Å². The van der Waals surface area contributed by atoms with Crippen LogP contribution in [0.25, 0.3) is 11.3 Å². The van der Waals surface area contributed by atoms with Gasteiger partial charge in [0.1, 0.15) is 17.6 Å². The van der Waals surface area contributed by atoms with Crippen molar-refractivity contribution in [2.45, 2.75) is 51.5 Å². The number of carboxylic acids is 1. The highest BCUT2D eigenvalue weighted by Crippen LogP contribution is 2.40. The van der Waals surface area contributed by atoms with Gasteiger partial charge in [-0.25, -0.2) is 15.0 Å². The number of rotatable bonds is 8. The van der Waals surface area contributed by atoms with Crippen molar-refractivity contribution in [2.24, 2.45) is 0 Å². The van der Waals surface area contributed by atoms with Gasteiger partial charge in [-0.2, -0.15) is 13.2 Å². The molecule has 4 heterocycles. The van der Waals surface area contributed by atoms with E-state index in [4.69, 9.17) is 11.6 Å². The number of thiazole rings is 1. The number of nitrogens with zero attached hydrogens (tertiary/aromatic N) is 6. The maximum atomic E-state index is 13.6. The Kier molecular flexibility index (Phi) is 9.20. The van der Waals surface area contributed by atoms with Crippen molar-refractivity contribution in [1.29, 1.82) is 0 Å². The molecule has 43 heavy (non-hydrogen) atoms. The van der Waals surface area contributed by atoms with Crippen molar-refractivity contribution < 1.29 is 27.9 Å². The highest BCUT2D eigenvalue weighted by Gasteiger charge is 2.34. The zero-order valence-corrected chi connectivity index (χ0v) is 25.1. The van der Waals surface area contributed by atoms with Crippen molar-refractivity contribution in [3.05, 3.63) is 51.7 Å². The first kappa shape index (κ1) is 31.1. The topological polar surface area (TPSA) is 115 Å². The van der Waals surface area contributed by atoms with Crippen LogP contribution in [0.5, 0.6) is 0 Å². The number of alkyl halides is 3. The number of hydrogen-bond acceptors (Lipinski definition) is 9. The number of likely N-dealkylation sites (tertiary alicyclic amines) is 1. The zero-order chi connectivity index (χ0) is 30.9. The van der Waals surface area contributed by atoms with Crippen LogP contribution >= 0.6 is 22.9 Å². The smallest absolute Gasteiger partial charge is 0.417 e. The maximum Gasteiger partial charge on any atom is 0.417 e. The highest BCUT2D eigenvalue weighted by atomic mass is 35.5. The lowest BCUT2D eigenvalue weighted by atomic mass is 10.1. The van der Waals surface area contributed by atoms with Gasteiger partial charge in [-0.1, -0.05) is 29.0 Å². The van der Waals surface area contributed by atoms with Gasteiger partial charge < -0.3 is 10.0 Å². The molecule has 0 spiro atoms. The molecule has 2 fully saturated rings. The van der Waals surface area contributed by atoms with Gasteiger partial charge in [0.05, 0.1) is 28.7 Å². The van der Waals surface area contributed by atoms with E-state index < -0.39 is 34.7 Å². The minimum absolute atomic E-state index is 0.0548. The van der Waals surface area contributed by atoms with Gasteiger partial charge in [0, 0.05) is 49.2 Å². The van der Waals surface area contributed by atoms with Crippen molar-refractivity contribution in [3.8, 4) is 11.3 Å². The van der Waals surface area contributed by atoms with Gasteiger partial charge >= 0.3 is 12.1 Å². The van der Waals surface area contributed by atoms with E-state index in [0.717, 1.165) is 30.3 Å². The number of carbonyl (C=O) groups excluding carboxylic acids is 1. The van der Waals surface area contributed by atoms with Crippen LogP contribution < -0.4 is 10.2 Å². The Hall–Kier alpha value is -3.33. The minimum Gasteiger partial charge on any atom is -0.480 e. The van der Waals surface area contributed by atoms with Gasteiger partial charge in [-0.3, -0.25) is 24.7 Å². The molecule has 1 unspecified atom stereocenters. The maximum absolute atomic E-state index is 13.6. The number of hydrogen-bond donors (Lipinski definition) is 2. The SMILES string of the molecule is CC(C(=O)O)N1CCN(c2cnc(C(=O)Nc3nc(-c4ccc(Cl)c(C(F)(F)F)c4)c(CN4CCC[C@H]4C)s3)cn2)CC1. The summed E-state index contributed by atoms with van der Waals surface area (Å²) >= 11 is 7.07. The molecule has 0 radical (unpaired) electrons. The van der Waals surface area contributed by atoms with Gasteiger partial charge in [0.2, 0.25) is 0 Å². The van der Waals surface area contributed by atoms with E-state index in [0.29, 0.717) is 50.3 Å². The highest BCUT2D eigenvalue weighted by molar-refractivity contribution is 7.16. The van der Waals surface area contributed by atoms with Crippen molar-refractivity contribution in [1.82, 2.24) is 24.8 Å². The molecule has 2 aliphatic heterocycles. The number of piperazine rings is 1. The third kappa shape index (κ3) is 7.08. The molecule has 5 rings (SSSR count). The molecular weight excluding hydrogens is 607 g/mol. The molecule has 0 saturated carbocycles. The summed E-state index contributed by atoms with van der Waals surface area (Å²) in [6.07, 6.45) is 0.282. The quantitative estimate of drug-likeness (QED) is 0.348. The van der Waals surface area contributed by atoms with Gasteiger partial charge in [-0.15, -0.1) is 0 Å². The van der Waals surface area contributed by atoms with Crippen molar-refractivity contribution in [3.63, 3.8) is 0 Å². The van der Waals surface area contributed by atoms with E-state index in [-0.39, 0.29) is 16.4 Å². The Balaban J connectivity index is 1.33. The summed E-state index contributed by atoms with van der Waals surface area (Å²) in [6, 6.07) is 3.45. The van der Waals surface area contributed by atoms with E-state index >= 15 is 0 Å². The lowest BCUT2D eigenvalue weighted by molar-refractivity contribution is -0.142. The standard InChI is InChI=1S/C28H31ClF3N7O3S/c1-16-4-3-7-39(16)15-22-24(18-5-6-20(29)19(12-18)28(30,31)32)35-27(43-22)36-25(40)21-13-34-23(14-33-21)38-10-8-37(9-11-38)17(2)26(41)42/h5-6,12-14,16-17H,3-4,7-11,15H2,1-2H3,(H,41,42)(H,35,36,40)/t16-,17?/m1/s1. The number of aliphatic carboxylic acids is 1. The first-order valence-corrected chi connectivity index (χ1v) is 15.1. The fourth-order valence-corrected chi connectivity index (χ4v) is 6.53. The Morgan fingerprint density at radius 1 is 1.16 bits per heavy atom. The average molecular weight is 638 g/mol. The summed E-state index contributed by atoms with van der Waals surface area (Å²) in [5.41, 5.74) is -0.269. The first-order valence-electron chi connectivity index (χ1n) is 13.9. The van der Waals surface area contributed by atoms with E-state index in [1.165, 1.54) is 35.9 Å². The zero-order valence-electron chi connectivity index (χ0n) is 23.6. The van der Waals surface area contributed by atoms with E-state index in [9.17, 15) is 27.9 Å². The molecule has 0 aliphatic carbocycles. The third-order valence-corrected chi connectivity index (χ3v) is 9.20. The van der Waals surface area contributed by atoms with Gasteiger partial charge in [-0.05, 0) is 45.4 Å². The molecule has 10 nitrogen and oxygen atoms in total. The number of carboxylic acid groups (broad SMARTS) is 1. The van der Waals surface area contributed by atoms with Crippen molar-refractivity contribution in [2.75, 3.05) is 42.9 Å². The van der Waals surface area contributed by atoms with Gasteiger partial charge in [0.15, 0.2) is 5.13 Å². The van der Waals surface area contributed by atoms with Crippen LogP contribution in [-0.4, -0.2) is 86.5 Å². The number of anilines is 2. The lowest BCUT2D eigenvalue weighted by Gasteiger charge is -2.36. The first-order chi connectivity index (χ1) is 20.4. The van der Waals surface area contributed by atoms with Crippen LogP contribution in [-0.2, 0) is 17.5 Å². The summed E-state index contributed by atoms with van der Waals surface area (Å²) in [6.45, 7) is 7.37. The Morgan fingerprint density at radius 2 is 1.91 bits per heavy atom. The van der Waals surface area contributed by atoms with E-state index in [2.05, 4.69) is 32.1 Å². The molecule has 2 N–H and O–H groups in total. The molecule has 2 atom stereocenters. The third-order valence-electron chi connectivity index (χ3n) is 7.91. The van der Waals surface area contributed by atoms with Crippen LogP contribution in [0.15, 0.2) is 30.6 Å². The number of halogens is 4. The second-order valence-electron chi connectivity index (χ2n) is 10.7. The summed E-state index contributed by atoms with van der Waals surface area (Å²) < 4.78 is 40.8. The van der Waals surface area contributed by atoms with Crippen LogP contribution in [0, 0.1) is 0 Å². The molecular formula is C28H31ClF3N7O3S. The number of benzene rings is 1. The predicted octanol–water partition coefficient (Wildman–Crippen LogP) is 5.10. The predicted molar refractivity (Wildman–Crippen MR) is 158 cm³/mol. The molecule has 1 amide bonds. The Labute approximate surface area is 255 Å². The van der Waals surface area contributed by atoms with Crippen LogP contribution in [0.1, 0.15) is 47.6 Å². The summed E-state index contributed by atoms with van der Waals surface area (Å²) in [7, 11) is 0. The number of carbonyl (C=O) groups is 2. The van der Waals surface area contributed by atoms with Crippen molar-refractivity contribution >= 4 is 45.8 Å². The molecule has 2 saturated heterocycles. The molecule has 3 aromatic rings. The number of aromatic nitrogens is 3. The molecule has 1 aromatic carbocycles. The normalized spacial score (nSPS) is 19.0. The van der Waals surface area contributed by atoms with Crippen LogP contribution in [0.2, 0.25) is 5.02 Å². The fourth-order valence-electron chi connectivity index (χ4n) is 5.30. The summed E-state index contributed by atoms with van der Waals surface area (Å²) in [4.78, 5) is 44.3. The molecule has 2 aromatic heterocycles. The molecule has 0 bridgehead atoms. The Morgan fingerprint density at radius 3 is 2.51 bits per heavy atom. The summed E-state index contributed by atoms with van der Waals surface area (Å²) in [5, 5.41) is 11.8. The summed E-state index contributed by atoms with van der Waals surface area (Å²) in [5.74, 6) is -0.846. The lowest BCUT2D eigenvalue weighted by Crippen LogP contribution is -2.52. The second-order valence-corrected chi connectivity index (χ2v) is 12.2. The number of amides is 1. The Bertz CT molecular complexity index is 1480. The molecule has 15 heteroatoms. The minimum atomic E-state index is -4.63. The second kappa shape index (κ2) is 12.7. The number of nitrogens with one attached hydrogen (secondary N) is 1. The fraction of sp³-hybridized carbons (Fsp3) is 0.464.